The van der Waals surface area contributed by atoms with Gasteiger partial charge in [0.1, 0.15) is 0 Å². The van der Waals surface area contributed by atoms with E-state index in [9.17, 15) is 18.7 Å². The van der Waals surface area contributed by atoms with Crippen LogP contribution in [0.25, 0.3) is 0 Å². The van der Waals surface area contributed by atoms with E-state index in [2.05, 4.69) is 50.9 Å². The van der Waals surface area contributed by atoms with Crippen LogP contribution >= 0.6 is 0 Å². The Morgan fingerprint density at radius 3 is 2.27 bits per heavy atom. The maximum atomic E-state index is 15.0. The van der Waals surface area contributed by atoms with Crippen LogP contribution < -0.4 is 5.19 Å². The Morgan fingerprint density at radius 1 is 1.00 bits per heavy atom. The highest BCUT2D eigenvalue weighted by Gasteiger charge is 2.28. The number of hydrogen-bond donors (Lipinski definition) is 1. The van der Waals surface area contributed by atoms with Crippen LogP contribution in [0.2, 0.25) is 19.1 Å². The molecule has 0 bridgehead atoms. The Balaban J connectivity index is 1.51. The van der Waals surface area contributed by atoms with Gasteiger partial charge in [0.15, 0.2) is 11.6 Å². The fraction of sp³-hybridized carbons (Fsp3) is 0.571. The summed E-state index contributed by atoms with van der Waals surface area (Å²) in [6.07, 6.45) is 9.15. The van der Waals surface area contributed by atoms with Crippen molar-refractivity contribution in [1.29, 1.82) is 0 Å². The fourth-order valence-corrected chi connectivity index (χ4v) is 8.59. The van der Waals surface area contributed by atoms with Gasteiger partial charge in [-0.15, -0.1) is 0 Å². The minimum atomic E-state index is -1.66. The monoisotopic (exact) mass is 584 g/mol. The molecule has 6 heteroatoms. The maximum absolute atomic E-state index is 15.0. The topological polar surface area (TPSA) is 46.5 Å². The molecule has 226 valence electrons. The summed E-state index contributed by atoms with van der Waals surface area (Å²) >= 11 is 0. The van der Waals surface area contributed by atoms with Crippen molar-refractivity contribution in [3.05, 3.63) is 76.9 Å². The lowest BCUT2D eigenvalue weighted by Gasteiger charge is -2.30. The van der Waals surface area contributed by atoms with Crippen LogP contribution in [0.5, 0.6) is 0 Å². The number of aryl methyl sites for hydroxylation is 1. The van der Waals surface area contributed by atoms with E-state index < -0.39 is 25.7 Å². The normalized spacial score (nSPS) is 18.2. The number of hydrogen-bond acceptors (Lipinski definition) is 3. The molecule has 3 rings (SSSR count). The average molecular weight is 585 g/mol. The predicted octanol–water partition coefficient (Wildman–Crippen LogP) is 8.56. The Morgan fingerprint density at radius 2 is 1.66 bits per heavy atom. The SMILES string of the molecule is C=C(C)C(=O)OCC(CO)CCC[Si](C)(C)c1ccc(C2CCC(c3ccc(CCCCC)c(F)c3F)CC2)cc1. The van der Waals surface area contributed by atoms with Gasteiger partial charge in [-0.25, -0.2) is 13.6 Å². The van der Waals surface area contributed by atoms with Crippen molar-refractivity contribution >= 4 is 19.2 Å². The van der Waals surface area contributed by atoms with Crippen LogP contribution in [0.4, 0.5) is 8.78 Å². The summed E-state index contributed by atoms with van der Waals surface area (Å²) in [6, 6.07) is 13.9. The lowest BCUT2D eigenvalue weighted by molar-refractivity contribution is -0.140. The number of unbranched alkanes of at least 4 members (excludes halogenated alkanes) is 2. The lowest BCUT2D eigenvalue weighted by atomic mass is 9.76. The second-order valence-corrected chi connectivity index (χ2v) is 17.6. The number of carbonyl (C=O) groups excluding carboxylic acids is 1. The number of benzene rings is 2. The Labute approximate surface area is 247 Å². The summed E-state index contributed by atoms with van der Waals surface area (Å²) in [6.45, 7) is 12.3. The Hall–Kier alpha value is -2.31. The summed E-state index contributed by atoms with van der Waals surface area (Å²) in [4.78, 5) is 11.7. The van der Waals surface area contributed by atoms with Crippen molar-refractivity contribution in [1.82, 2.24) is 0 Å². The van der Waals surface area contributed by atoms with Crippen LogP contribution in [-0.2, 0) is 16.0 Å². The summed E-state index contributed by atoms with van der Waals surface area (Å²) in [5, 5.41) is 11.1. The third-order valence-corrected chi connectivity index (χ3v) is 12.5. The van der Waals surface area contributed by atoms with Crippen LogP contribution in [0.3, 0.4) is 0 Å². The lowest BCUT2D eigenvalue weighted by Crippen LogP contribution is -2.41. The van der Waals surface area contributed by atoms with Gasteiger partial charge in [0, 0.05) is 18.1 Å². The van der Waals surface area contributed by atoms with E-state index in [0.717, 1.165) is 63.8 Å². The van der Waals surface area contributed by atoms with Crippen LogP contribution in [0, 0.1) is 17.6 Å². The van der Waals surface area contributed by atoms with Gasteiger partial charge in [-0.05, 0) is 80.4 Å². The maximum Gasteiger partial charge on any atom is 0.333 e. The molecule has 41 heavy (non-hydrogen) atoms. The van der Waals surface area contributed by atoms with Crippen molar-refractivity contribution in [2.45, 2.75) is 109 Å². The van der Waals surface area contributed by atoms with Crippen molar-refractivity contribution in [2.75, 3.05) is 13.2 Å². The number of ether oxygens (including phenoxy) is 1. The van der Waals surface area contributed by atoms with Crippen molar-refractivity contribution in [3.63, 3.8) is 0 Å². The molecule has 1 N–H and O–H groups in total. The molecule has 0 amide bonds. The van der Waals surface area contributed by atoms with Gasteiger partial charge < -0.3 is 9.84 Å². The predicted molar refractivity (Wildman–Crippen MR) is 167 cm³/mol. The second-order valence-electron chi connectivity index (χ2n) is 12.8. The summed E-state index contributed by atoms with van der Waals surface area (Å²) < 4.78 is 35.0. The molecule has 1 aliphatic rings. The van der Waals surface area contributed by atoms with Gasteiger partial charge in [-0.1, -0.05) is 93.5 Å². The molecular weight excluding hydrogens is 534 g/mol. The number of halogens is 2. The van der Waals surface area contributed by atoms with Gasteiger partial charge in [-0.2, -0.15) is 0 Å². The molecule has 1 unspecified atom stereocenters. The van der Waals surface area contributed by atoms with E-state index >= 15 is 0 Å². The molecule has 2 aromatic rings. The zero-order valence-corrected chi connectivity index (χ0v) is 26.6. The molecule has 1 aliphatic carbocycles. The van der Waals surface area contributed by atoms with Crippen LogP contribution in [-0.4, -0.2) is 32.4 Å². The molecule has 1 atom stereocenters. The van der Waals surface area contributed by atoms with Gasteiger partial charge in [0.05, 0.1) is 14.7 Å². The van der Waals surface area contributed by atoms with Gasteiger partial charge in [0.2, 0.25) is 0 Å². The van der Waals surface area contributed by atoms with Crippen LogP contribution in [0.15, 0.2) is 48.6 Å². The number of esters is 1. The third-order valence-electron chi connectivity index (χ3n) is 9.04. The van der Waals surface area contributed by atoms with E-state index in [1.165, 1.54) is 10.8 Å². The summed E-state index contributed by atoms with van der Waals surface area (Å²) in [5.74, 6) is -1.17. The zero-order valence-electron chi connectivity index (χ0n) is 25.6. The zero-order chi connectivity index (χ0) is 30.0. The molecule has 0 aromatic heterocycles. The first-order valence-corrected chi connectivity index (χ1v) is 18.8. The van der Waals surface area contributed by atoms with Gasteiger partial charge in [0.25, 0.3) is 0 Å². The molecule has 1 saturated carbocycles. The van der Waals surface area contributed by atoms with Gasteiger partial charge >= 0.3 is 5.97 Å². The molecular formula is C35H50F2O3Si. The van der Waals surface area contributed by atoms with Gasteiger partial charge in [-0.3, -0.25) is 0 Å². The average Bonchev–Trinajstić information content (AvgIpc) is 2.97. The number of aliphatic hydroxyl groups excluding tert-OH is 1. The fourth-order valence-electron chi connectivity index (χ4n) is 6.14. The Bertz CT molecular complexity index is 1140. The van der Waals surface area contributed by atoms with E-state index in [1.54, 1.807) is 6.92 Å². The minimum absolute atomic E-state index is 0.00827. The highest BCUT2D eigenvalue weighted by atomic mass is 28.3. The summed E-state index contributed by atoms with van der Waals surface area (Å²) in [5.41, 5.74) is 2.78. The second kappa shape index (κ2) is 15.8. The molecule has 0 radical (unpaired) electrons. The molecule has 1 fully saturated rings. The molecule has 0 spiro atoms. The summed E-state index contributed by atoms with van der Waals surface area (Å²) in [7, 11) is -1.66. The molecule has 0 heterocycles. The molecule has 2 aromatic carbocycles. The third kappa shape index (κ3) is 9.34. The van der Waals surface area contributed by atoms with E-state index in [0.29, 0.717) is 29.0 Å². The smallest absolute Gasteiger partial charge is 0.333 e. The quantitative estimate of drug-likeness (QED) is 0.0987. The van der Waals surface area contributed by atoms with E-state index in [4.69, 9.17) is 4.74 Å². The number of aliphatic hydroxyl groups is 1. The minimum Gasteiger partial charge on any atom is -0.462 e. The molecule has 3 nitrogen and oxygen atoms in total. The first-order valence-electron chi connectivity index (χ1n) is 15.6. The number of rotatable bonds is 15. The van der Waals surface area contributed by atoms with E-state index in [1.807, 2.05) is 12.1 Å². The molecule has 0 saturated heterocycles. The highest BCUT2D eigenvalue weighted by molar-refractivity contribution is 6.89. The van der Waals surface area contributed by atoms with Crippen LogP contribution in [0.1, 0.15) is 100 Å². The first-order chi connectivity index (χ1) is 19.6. The van der Waals surface area contributed by atoms with Crippen molar-refractivity contribution < 1.29 is 23.4 Å². The first kappa shape index (κ1) is 33.2. The van der Waals surface area contributed by atoms with E-state index in [-0.39, 0.29) is 25.0 Å². The number of carbonyl (C=O) groups is 1. The Kier molecular flexibility index (Phi) is 12.8. The largest absolute Gasteiger partial charge is 0.462 e. The van der Waals surface area contributed by atoms with Crippen molar-refractivity contribution in [3.8, 4) is 0 Å². The van der Waals surface area contributed by atoms with Crippen molar-refractivity contribution in [2.24, 2.45) is 5.92 Å². The standard InChI is InChI=1S/C35H50F2O3Si/c1-6-7-8-11-30-18-21-32(34(37)33(30)36)29-14-12-27(13-15-29)28-16-19-31(20-17-28)41(4,5)22-9-10-26(23-38)24-40-35(39)25(2)3/h16-21,26-27,29,38H,2,6-15,22-24H2,1,3-5H3. The molecule has 0 aliphatic heterocycles. The highest BCUT2D eigenvalue weighted by Crippen LogP contribution is 2.41.